The summed E-state index contributed by atoms with van der Waals surface area (Å²) in [5.74, 6) is -2.61. The van der Waals surface area contributed by atoms with Gasteiger partial charge in [-0.2, -0.15) is 0 Å². The van der Waals surface area contributed by atoms with Crippen LogP contribution in [0.2, 0.25) is 0 Å². The number of amides is 4. The lowest BCUT2D eigenvalue weighted by molar-refractivity contribution is -0.385. The van der Waals surface area contributed by atoms with Crippen molar-refractivity contribution in [1.29, 1.82) is 0 Å². The van der Waals surface area contributed by atoms with E-state index in [0.717, 1.165) is 6.07 Å². The van der Waals surface area contributed by atoms with Crippen LogP contribution in [-0.4, -0.2) is 52.7 Å². The zero-order valence-electron chi connectivity index (χ0n) is 17.7. The number of hydrogen-bond acceptors (Lipinski definition) is 8. The molecule has 4 amide bonds. The average molecular weight is 456 g/mol. The third-order valence-corrected chi connectivity index (χ3v) is 4.72. The molecule has 172 valence electrons. The van der Waals surface area contributed by atoms with Gasteiger partial charge >= 0.3 is 0 Å². The Morgan fingerprint density at radius 1 is 1.03 bits per heavy atom. The monoisotopic (exact) mass is 456 g/mol. The van der Waals surface area contributed by atoms with Crippen LogP contribution in [0.15, 0.2) is 42.5 Å². The molecule has 0 aliphatic carbocycles. The molecule has 33 heavy (non-hydrogen) atoms. The Bertz CT molecular complexity index is 1130. The van der Waals surface area contributed by atoms with E-state index in [9.17, 15) is 29.3 Å². The fraction of sp³-hybridized carbons (Fsp3) is 0.238. The van der Waals surface area contributed by atoms with E-state index in [4.69, 9.17) is 9.47 Å². The summed E-state index contributed by atoms with van der Waals surface area (Å²) in [4.78, 5) is 60.8. The molecule has 0 saturated carbocycles. The molecule has 3 rings (SSSR count). The number of nitro benzene ring substituents is 1. The van der Waals surface area contributed by atoms with Gasteiger partial charge in [0.1, 0.15) is 11.6 Å². The number of ether oxygens (including phenoxy) is 2. The number of hydrazine groups is 1. The first kappa shape index (κ1) is 23.2. The highest BCUT2D eigenvalue weighted by Gasteiger charge is 2.44. The van der Waals surface area contributed by atoms with Crippen LogP contribution in [0.5, 0.6) is 11.5 Å². The summed E-state index contributed by atoms with van der Waals surface area (Å²) in [6.45, 7) is 3.01. The first-order valence-electron chi connectivity index (χ1n) is 9.84. The van der Waals surface area contributed by atoms with Crippen LogP contribution >= 0.6 is 0 Å². The molecule has 1 heterocycles. The van der Waals surface area contributed by atoms with Gasteiger partial charge in [-0.05, 0) is 32.0 Å². The lowest BCUT2D eigenvalue weighted by Gasteiger charge is -2.21. The van der Waals surface area contributed by atoms with E-state index in [1.807, 2.05) is 0 Å². The Kier molecular flexibility index (Phi) is 6.86. The number of benzene rings is 2. The summed E-state index contributed by atoms with van der Waals surface area (Å²) in [6, 6.07) is 9.03. The highest BCUT2D eigenvalue weighted by Crippen LogP contribution is 2.31. The number of carbonyl (C=O) groups excluding carboxylic acids is 4. The lowest BCUT2D eigenvalue weighted by Crippen LogP contribution is -2.53. The number of hydrogen-bond donors (Lipinski definition) is 2. The molecular formula is C21H20N4O8. The normalized spacial score (nSPS) is 13.2. The van der Waals surface area contributed by atoms with Crippen molar-refractivity contribution >= 4 is 29.3 Å². The molecule has 0 spiro atoms. The quantitative estimate of drug-likeness (QED) is 0.341. The minimum Gasteiger partial charge on any atom is -0.490 e. The van der Waals surface area contributed by atoms with E-state index in [2.05, 4.69) is 10.9 Å². The Morgan fingerprint density at radius 2 is 1.70 bits per heavy atom. The van der Waals surface area contributed by atoms with Crippen molar-refractivity contribution in [3.05, 3.63) is 63.7 Å². The van der Waals surface area contributed by atoms with Crippen molar-refractivity contribution in [1.82, 2.24) is 15.8 Å². The largest absolute Gasteiger partial charge is 0.490 e. The van der Waals surface area contributed by atoms with Gasteiger partial charge in [0, 0.05) is 6.07 Å². The zero-order valence-corrected chi connectivity index (χ0v) is 17.7. The molecule has 2 aromatic rings. The number of para-hydroxylation sites is 2. The fourth-order valence-corrected chi connectivity index (χ4v) is 3.17. The Balaban J connectivity index is 1.59. The Labute approximate surface area is 187 Å². The number of carbonyl (C=O) groups is 4. The molecule has 0 fully saturated rings. The van der Waals surface area contributed by atoms with E-state index in [1.54, 1.807) is 31.2 Å². The van der Waals surface area contributed by atoms with Crippen LogP contribution in [0.1, 0.15) is 34.6 Å². The van der Waals surface area contributed by atoms with Gasteiger partial charge in [0.15, 0.2) is 18.1 Å². The van der Waals surface area contributed by atoms with Gasteiger partial charge in [0.05, 0.1) is 17.1 Å². The second kappa shape index (κ2) is 9.77. The van der Waals surface area contributed by atoms with Crippen LogP contribution in [0, 0.1) is 10.1 Å². The smallest absolute Gasteiger partial charge is 0.282 e. The minimum atomic E-state index is -1.35. The van der Waals surface area contributed by atoms with Gasteiger partial charge in [-0.25, -0.2) is 0 Å². The molecule has 0 radical (unpaired) electrons. The summed E-state index contributed by atoms with van der Waals surface area (Å²) in [7, 11) is 0. The molecule has 1 atom stereocenters. The van der Waals surface area contributed by atoms with Crippen LogP contribution < -0.4 is 20.3 Å². The van der Waals surface area contributed by atoms with Gasteiger partial charge in [-0.15, -0.1) is 0 Å². The molecule has 12 heteroatoms. The van der Waals surface area contributed by atoms with Gasteiger partial charge in [-0.3, -0.25) is 45.0 Å². The minimum absolute atomic E-state index is 0.167. The molecular weight excluding hydrogens is 436 g/mol. The highest BCUT2D eigenvalue weighted by atomic mass is 16.6. The molecule has 12 nitrogen and oxygen atoms in total. The standard InChI is InChI=1S/C21H20N4O8/c1-3-32-15-9-4-5-10-16(15)33-11-17(26)22-23-19(27)12(2)24-20(28)13-7-6-8-14(25(30)31)18(13)21(24)29/h4-10,12H,3,11H2,1-2H3,(H,22,26)(H,23,27). The Morgan fingerprint density at radius 3 is 2.33 bits per heavy atom. The van der Waals surface area contributed by atoms with E-state index >= 15 is 0 Å². The van der Waals surface area contributed by atoms with Crippen molar-refractivity contribution in [3.63, 3.8) is 0 Å². The first-order chi connectivity index (χ1) is 15.8. The van der Waals surface area contributed by atoms with Gasteiger partial charge < -0.3 is 9.47 Å². The summed E-state index contributed by atoms with van der Waals surface area (Å²) in [5.41, 5.74) is 3.16. The summed E-state index contributed by atoms with van der Waals surface area (Å²) < 4.78 is 10.8. The maximum atomic E-state index is 12.7. The molecule has 2 aromatic carbocycles. The zero-order chi connectivity index (χ0) is 24.1. The third kappa shape index (κ3) is 4.74. The summed E-state index contributed by atoms with van der Waals surface area (Å²) >= 11 is 0. The Hall–Kier alpha value is -4.48. The average Bonchev–Trinajstić information content (AvgIpc) is 3.06. The number of rotatable bonds is 8. The van der Waals surface area contributed by atoms with Crippen LogP contribution in [0.4, 0.5) is 5.69 Å². The molecule has 0 saturated heterocycles. The topological polar surface area (TPSA) is 157 Å². The second-order valence-electron chi connectivity index (χ2n) is 6.82. The predicted molar refractivity (Wildman–Crippen MR) is 112 cm³/mol. The molecule has 1 aliphatic heterocycles. The number of nitrogens with one attached hydrogen (secondary N) is 2. The lowest BCUT2D eigenvalue weighted by atomic mass is 10.1. The highest BCUT2D eigenvalue weighted by molar-refractivity contribution is 6.24. The van der Waals surface area contributed by atoms with E-state index in [-0.39, 0.29) is 11.1 Å². The van der Waals surface area contributed by atoms with Gasteiger partial charge in [0.25, 0.3) is 29.3 Å². The second-order valence-corrected chi connectivity index (χ2v) is 6.82. The SMILES string of the molecule is CCOc1ccccc1OCC(=O)NNC(=O)C(C)N1C(=O)c2cccc([N+](=O)[O-])c2C1=O. The van der Waals surface area contributed by atoms with Crippen LogP contribution in [-0.2, 0) is 9.59 Å². The van der Waals surface area contributed by atoms with E-state index in [1.165, 1.54) is 19.1 Å². The maximum Gasteiger partial charge on any atom is 0.282 e. The molecule has 0 bridgehead atoms. The van der Waals surface area contributed by atoms with Gasteiger partial charge in [-0.1, -0.05) is 18.2 Å². The summed E-state index contributed by atoms with van der Waals surface area (Å²) in [5, 5.41) is 11.2. The molecule has 1 aliphatic rings. The third-order valence-electron chi connectivity index (χ3n) is 4.72. The van der Waals surface area contributed by atoms with E-state index < -0.39 is 46.9 Å². The van der Waals surface area contributed by atoms with Crippen LogP contribution in [0.3, 0.4) is 0 Å². The first-order valence-corrected chi connectivity index (χ1v) is 9.84. The van der Waals surface area contributed by atoms with Crippen molar-refractivity contribution in [2.24, 2.45) is 0 Å². The number of nitrogens with zero attached hydrogens (tertiary/aromatic N) is 2. The molecule has 0 aromatic heterocycles. The number of fused-ring (bicyclic) bond motifs is 1. The predicted octanol–water partition coefficient (Wildman–Crippen LogP) is 1.20. The fourth-order valence-electron chi connectivity index (χ4n) is 3.17. The number of imide groups is 1. The van der Waals surface area contributed by atoms with Crippen LogP contribution in [0.25, 0.3) is 0 Å². The van der Waals surface area contributed by atoms with E-state index in [0.29, 0.717) is 23.0 Å². The maximum absolute atomic E-state index is 12.7. The van der Waals surface area contributed by atoms with Crippen molar-refractivity contribution in [3.8, 4) is 11.5 Å². The summed E-state index contributed by atoms with van der Waals surface area (Å²) in [6.07, 6.45) is 0. The van der Waals surface area contributed by atoms with Gasteiger partial charge in [0.2, 0.25) is 0 Å². The van der Waals surface area contributed by atoms with Crippen molar-refractivity contribution in [2.75, 3.05) is 13.2 Å². The molecule has 1 unspecified atom stereocenters. The number of nitro groups is 1. The molecule has 2 N–H and O–H groups in total. The van der Waals surface area contributed by atoms with Crippen molar-refractivity contribution in [2.45, 2.75) is 19.9 Å². The van der Waals surface area contributed by atoms with Crippen molar-refractivity contribution < 1.29 is 33.6 Å².